The molecule has 1 saturated heterocycles. The number of amides is 1. The van der Waals surface area contributed by atoms with E-state index in [4.69, 9.17) is 4.74 Å². The SMILES string of the molecule is C[C@@]1(O)CCN(C(=O)c2ccncc2)C[C@H]1Oc1ccccc1. The van der Waals surface area contributed by atoms with Gasteiger partial charge in [-0.1, -0.05) is 18.2 Å². The van der Waals surface area contributed by atoms with E-state index in [0.717, 1.165) is 0 Å². The van der Waals surface area contributed by atoms with E-state index in [0.29, 0.717) is 30.8 Å². The van der Waals surface area contributed by atoms with Crippen molar-refractivity contribution < 1.29 is 14.6 Å². The summed E-state index contributed by atoms with van der Waals surface area (Å²) in [7, 11) is 0. The van der Waals surface area contributed by atoms with Gasteiger partial charge in [0.1, 0.15) is 17.5 Å². The van der Waals surface area contributed by atoms with E-state index in [2.05, 4.69) is 4.98 Å². The quantitative estimate of drug-likeness (QED) is 0.943. The van der Waals surface area contributed by atoms with Gasteiger partial charge in [0.25, 0.3) is 5.91 Å². The number of carbonyl (C=O) groups is 1. The van der Waals surface area contributed by atoms with E-state index in [1.807, 2.05) is 30.3 Å². The average molecular weight is 312 g/mol. The lowest BCUT2D eigenvalue weighted by atomic mass is 9.90. The minimum Gasteiger partial charge on any atom is -0.486 e. The molecular weight excluding hydrogens is 292 g/mol. The highest BCUT2D eigenvalue weighted by atomic mass is 16.5. The zero-order chi connectivity index (χ0) is 16.3. The molecule has 0 saturated carbocycles. The lowest BCUT2D eigenvalue weighted by Crippen LogP contribution is -2.57. The first-order chi connectivity index (χ1) is 11.1. The Balaban J connectivity index is 1.75. The summed E-state index contributed by atoms with van der Waals surface area (Å²) in [4.78, 5) is 18.2. The first-order valence-electron chi connectivity index (χ1n) is 7.70. The minimum absolute atomic E-state index is 0.0652. The highest BCUT2D eigenvalue weighted by Crippen LogP contribution is 2.27. The van der Waals surface area contributed by atoms with Gasteiger partial charge in [-0.15, -0.1) is 0 Å². The Kier molecular flexibility index (Phi) is 4.30. The smallest absolute Gasteiger partial charge is 0.254 e. The molecule has 3 rings (SSSR count). The molecule has 1 aliphatic rings. The lowest BCUT2D eigenvalue weighted by molar-refractivity contribution is -0.0881. The molecule has 5 nitrogen and oxygen atoms in total. The lowest BCUT2D eigenvalue weighted by Gasteiger charge is -2.42. The van der Waals surface area contributed by atoms with Crippen molar-refractivity contribution in [2.24, 2.45) is 0 Å². The largest absolute Gasteiger partial charge is 0.486 e. The topological polar surface area (TPSA) is 62.7 Å². The van der Waals surface area contributed by atoms with Crippen molar-refractivity contribution in [1.82, 2.24) is 9.88 Å². The molecule has 1 aliphatic heterocycles. The Morgan fingerprint density at radius 2 is 1.96 bits per heavy atom. The summed E-state index contributed by atoms with van der Waals surface area (Å²) in [6.45, 7) is 2.61. The van der Waals surface area contributed by atoms with Crippen LogP contribution in [-0.4, -0.2) is 45.7 Å². The maximum Gasteiger partial charge on any atom is 0.254 e. The standard InChI is InChI=1S/C18H20N2O3/c1-18(22)9-12-20(17(21)14-7-10-19-11-8-14)13-16(18)23-15-5-3-2-4-6-15/h2-8,10-11,16,22H,9,12-13H2,1H3/t16-,18-/m1/s1. The van der Waals surface area contributed by atoms with Crippen LogP contribution in [0.3, 0.4) is 0 Å². The van der Waals surface area contributed by atoms with E-state index in [1.54, 1.807) is 36.4 Å². The maximum absolute atomic E-state index is 12.6. The van der Waals surface area contributed by atoms with Gasteiger partial charge in [-0.25, -0.2) is 0 Å². The first-order valence-corrected chi connectivity index (χ1v) is 7.70. The normalized spacial score (nSPS) is 24.3. The number of para-hydroxylation sites is 1. The third kappa shape index (κ3) is 3.51. The molecule has 1 amide bonds. The monoisotopic (exact) mass is 312 g/mol. The van der Waals surface area contributed by atoms with Gasteiger partial charge in [0.05, 0.1) is 6.54 Å². The second-order valence-corrected chi connectivity index (χ2v) is 6.01. The third-order valence-corrected chi connectivity index (χ3v) is 4.20. The Morgan fingerprint density at radius 1 is 1.26 bits per heavy atom. The van der Waals surface area contributed by atoms with Crippen molar-refractivity contribution in [2.75, 3.05) is 13.1 Å². The van der Waals surface area contributed by atoms with Gasteiger partial charge < -0.3 is 14.7 Å². The summed E-state index contributed by atoms with van der Waals surface area (Å²) in [5.41, 5.74) is -0.370. The fourth-order valence-corrected chi connectivity index (χ4v) is 2.70. The molecule has 0 aliphatic carbocycles. The van der Waals surface area contributed by atoms with Gasteiger partial charge in [0.15, 0.2) is 0 Å². The summed E-state index contributed by atoms with van der Waals surface area (Å²) in [6, 6.07) is 12.8. The molecule has 2 heterocycles. The Bertz CT molecular complexity index is 658. The van der Waals surface area contributed by atoms with Crippen molar-refractivity contribution >= 4 is 5.91 Å². The van der Waals surface area contributed by atoms with E-state index in [1.165, 1.54) is 0 Å². The Labute approximate surface area is 135 Å². The number of ether oxygens (including phenoxy) is 1. The second kappa shape index (κ2) is 6.38. The fraction of sp³-hybridized carbons (Fsp3) is 0.333. The number of carbonyl (C=O) groups excluding carboxylic acids is 1. The predicted molar refractivity (Wildman–Crippen MR) is 86.2 cm³/mol. The molecule has 23 heavy (non-hydrogen) atoms. The summed E-state index contributed by atoms with van der Waals surface area (Å²) in [5, 5.41) is 10.6. The van der Waals surface area contributed by atoms with E-state index in [-0.39, 0.29) is 5.91 Å². The summed E-state index contributed by atoms with van der Waals surface area (Å²) in [5.74, 6) is 0.626. The number of likely N-dealkylation sites (tertiary alicyclic amines) is 1. The van der Waals surface area contributed by atoms with E-state index < -0.39 is 11.7 Å². The molecule has 1 N–H and O–H groups in total. The van der Waals surface area contributed by atoms with Gasteiger partial charge in [-0.2, -0.15) is 0 Å². The van der Waals surface area contributed by atoms with Gasteiger partial charge in [-0.05, 0) is 37.6 Å². The summed E-state index contributed by atoms with van der Waals surface area (Å²) >= 11 is 0. The number of pyridine rings is 1. The van der Waals surface area contributed by atoms with Gasteiger partial charge >= 0.3 is 0 Å². The zero-order valence-corrected chi connectivity index (χ0v) is 13.1. The van der Waals surface area contributed by atoms with Crippen LogP contribution in [0.1, 0.15) is 23.7 Å². The Morgan fingerprint density at radius 3 is 2.65 bits per heavy atom. The molecule has 5 heteroatoms. The van der Waals surface area contributed by atoms with Crippen molar-refractivity contribution in [3.8, 4) is 5.75 Å². The molecule has 120 valence electrons. The van der Waals surface area contributed by atoms with Gasteiger partial charge in [0, 0.05) is 24.5 Å². The number of piperidine rings is 1. The number of hydrogen-bond acceptors (Lipinski definition) is 4. The number of rotatable bonds is 3. The van der Waals surface area contributed by atoms with Crippen molar-refractivity contribution in [1.29, 1.82) is 0 Å². The summed E-state index contributed by atoms with van der Waals surface area (Å²) < 4.78 is 5.93. The summed E-state index contributed by atoms with van der Waals surface area (Å²) in [6.07, 6.45) is 3.21. The number of hydrogen-bond donors (Lipinski definition) is 1. The second-order valence-electron chi connectivity index (χ2n) is 6.01. The van der Waals surface area contributed by atoms with Crippen LogP contribution in [0.2, 0.25) is 0 Å². The van der Waals surface area contributed by atoms with Crippen LogP contribution >= 0.6 is 0 Å². The first kappa shape index (κ1) is 15.5. The average Bonchev–Trinajstić information content (AvgIpc) is 2.58. The van der Waals surface area contributed by atoms with Crippen molar-refractivity contribution in [3.05, 3.63) is 60.4 Å². The molecule has 0 radical (unpaired) electrons. The van der Waals surface area contributed by atoms with Crippen LogP contribution in [0.5, 0.6) is 5.75 Å². The van der Waals surface area contributed by atoms with Gasteiger partial charge in [-0.3, -0.25) is 9.78 Å². The molecule has 0 bridgehead atoms. The molecule has 2 aromatic rings. The highest BCUT2D eigenvalue weighted by Gasteiger charge is 2.41. The maximum atomic E-state index is 12.6. The molecular formula is C18H20N2O3. The van der Waals surface area contributed by atoms with Crippen LogP contribution in [0.25, 0.3) is 0 Å². The number of nitrogens with zero attached hydrogens (tertiary/aromatic N) is 2. The third-order valence-electron chi connectivity index (χ3n) is 4.20. The van der Waals surface area contributed by atoms with Crippen LogP contribution in [0.15, 0.2) is 54.9 Å². The van der Waals surface area contributed by atoms with E-state index in [9.17, 15) is 9.90 Å². The zero-order valence-electron chi connectivity index (χ0n) is 13.1. The van der Waals surface area contributed by atoms with Crippen molar-refractivity contribution in [3.63, 3.8) is 0 Å². The fourth-order valence-electron chi connectivity index (χ4n) is 2.70. The molecule has 1 fully saturated rings. The van der Waals surface area contributed by atoms with E-state index >= 15 is 0 Å². The molecule has 0 spiro atoms. The molecule has 2 atom stereocenters. The van der Waals surface area contributed by atoms with Crippen LogP contribution in [0, 0.1) is 0 Å². The Hall–Kier alpha value is -2.40. The molecule has 1 aromatic heterocycles. The predicted octanol–water partition coefficient (Wildman–Crippen LogP) is 2.13. The minimum atomic E-state index is -0.967. The number of benzene rings is 1. The molecule has 0 unspecified atom stereocenters. The van der Waals surface area contributed by atoms with Crippen LogP contribution < -0.4 is 4.74 Å². The van der Waals surface area contributed by atoms with Gasteiger partial charge in [0.2, 0.25) is 0 Å². The molecule has 1 aromatic carbocycles. The number of aliphatic hydroxyl groups is 1. The van der Waals surface area contributed by atoms with Crippen LogP contribution in [0.4, 0.5) is 0 Å². The van der Waals surface area contributed by atoms with Crippen LogP contribution in [-0.2, 0) is 0 Å². The highest BCUT2D eigenvalue weighted by molar-refractivity contribution is 5.94. The number of aromatic nitrogens is 1. The van der Waals surface area contributed by atoms with Crippen molar-refractivity contribution in [2.45, 2.75) is 25.0 Å².